The Bertz CT molecular complexity index is 751. The molecule has 1 atom stereocenters. The van der Waals surface area contributed by atoms with Crippen molar-refractivity contribution in [3.05, 3.63) is 53.6 Å². The molecule has 0 aliphatic carbocycles. The van der Waals surface area contributed by atoms with Crippen LogP contribution in [-0.4, -0.2) is 24.6 Å². The number of anilines is 2. The molecule has 0 spiro atoms. The van der Waals surface area contributed by atoms with Crippen LogP contribution in [0.2, 0.25) is 5.02 Å². The monoisotopic (exact) mass is 331 g/mol. The lowest BCUT2D eigenvalue weighted by Crippen LogP contribution is -2.46. The van der Waals surface area contributed by atoms with E-state index in [0.717, 1.165) is 0 Å². The number of para-hydroxylation sites is 2. The summed E-state index contributed by atoms with van der Waals surface area (Å²) in [5.74, 6) is 0.279. The normalized spacial score (nSPS) is 15.9. The standard InChI is InChI=1S/C16H14ClN3O3/c17-10-4-3-5-11(8-10)19-16(22)18-9-14-15(21)20-12-6-1-2-7-13(12)23-14/h1-8,14H,9H2,(H,20,21)(H2,18,19,22). The summed E-state index contributed by atoms with van der Waals surface area (Å²) in [6, 6.07) is 13.5. The van der Waals surface area contributed by atoms with Crippen molar-refractivity contribution in [3.8, 4) is 5.75 Å². The van der Waals surface area contributed by atoms with E-state index in [0.29, 0.717) is 22.1 Å². The van der Waals surface area contributed by atoms with Crippen LogP contribution in [-0.2, 0) is 4.79 Å². The highest BCUT2D eigenvalue weighted by molar-refractivity contribution is 6.30. The van der Waals surface area contributed by atoms with Gasteiger partial charge in [-0.2, -0.15) is 0 Å². The summed E-state index contributed by atoms with van der Waals surface area (Å²) in [5, 5.41) is 8.50. The molecule has 7 heteroatoms. The fourth-order valence-corrected chi connectivity index (χ4v) is 2.34. The molecular weight excluding hydrogens is 318 g/mol. The maximum absolute atomic E-state index is 11.9. The number of amides is 3. The number of hydrogen-bond acceptors (Lipinski definition) is 3. The number of nitrogens with one attached hydrogen (secondary N) is 3. The molecule has 0 saturated carbocycles. The Balaban J connectivity index is 1.56. The summed E-state index contributed by atoms with van der Waals surface area (Å²) in [6.45, 7) is 0.0482. The van der Waals surface area contributed by atoms with Crippen molar-refractivity contribution in [1.29, 1.82) is 0 Å². The molecule has 0 fully saturated rings. The van der Waals surface area contributed by atoms with E-state index in [1.807, 2.05) is 6.07 Å². The lowest BCUT2D eigenvalue weighted by atomic mass is 10.2. The molecule has 23 heavy (non-hydrogen) atoms. The second-order valence-corrected chi connectivity index (χ2v) is 5.37. The largest absolute Gasteiger partial charge is 0.477 e. The molecule has 6 nitrogen and oxygen atoms in total. The minimum atomic E-state index is -0.782. The molecule has 3 amide bonds. The van der Waals surface area contributed by atoms with E-state index < -0.39 is 12.1 Å². The second kappa shape index (κ2) is 6.58. The van der Waals surface area contributed by atoms with Crippen LogP contribution in [0.4, 0.5) is 16.2 Å². The first kappa shape index (κ1) is 15.2. The van der Waals surface area contributed by atoms with Gasteiger partial charge in [0.05, 0.1) is 12.2 Å². The van der Waals surface area contributed by atoms with E-state index in [2.05, 4.69) is 16.0 Å². The van der Waals surface area contributed by atoms with E-state index in [1.54, 1.807) is 42.5 Å². The Morgan fingerprint density at radius 3 is 2.87 bits per heavy atom. The average molecular weight is 332 g/mol. The summed E-state index contributed by atoms with van der Waals surface area (Å²) < 4.78 is 5.59. The number of carbonyl (C=O) groups excluding carboxylic acids is 2. The Morgan fingerprint density at radius 2 is 2.04 bits per heavy atom. The highest BCUT2D eigenvalue weighted by Gasteiger charge is 2.27. The van der Waals surface area contributed by atoms with Crippen LogP contribution in [0.1, 0.15) is 0 Å². The van der Waals surface area contributed by atoms with Gasteiger partial charge in [0.15, 0.2) is 6.10 Å². The number of hydrogen-bond donors (Lipinski definition) is 3. The van der Waals surface area contributed by atoms with Crippen LogP contribution in [0.3, 0.4) is 0 Å². The van der Waals surface area contributed by atoms with Gasteiger partial charge in [0.2, 0.25) is 0 Å². The summed E-state index contributed by atoms with van der Waals surface area (Å²) in [7, 11) is 0. The third-order valence-corrected chi connectivity index (χ3v) is 3.47. The molecule has 3 N–H and O–H groups in total. The zero-order valence-electron chi connectivity index (χ0n) is 12.0. The smallest absolute Gasteiger partial charge is 0.319 e. The van der Waals surface area contributed by atoms with Gasteiger partial charge in [0, 0.05) is 10.7 Å². The first-order chi connectivity index (χ1) is 11.1. The van der Waals surface area contributed by atoms with E-state index >= 15 is 0 Å². The van der Waals surface area contributed by atoms with E-state index in [9.17, 15) is 9.59 Å². The molecule has 2 aromatic rings. The lowest BCUT2D eigenvalue weighted by Gasteiger charge is -2.25. The topological polar surface area (TPSA) is 79.5 Å². The first-order valence-electron chi connectivity index (χ1n) is 6.99. The predicted octanol–water partition coefficient (Wildman–Crippen LogP) is 2.86. The maximum atomic E-state index is 11.9. The molecule has 118 valence electrons. The SMILES string of the molecule is O=C(NCC1Oc2ccccc2NC1=O)Nc1cccc(Cl)c1. The summed E-state index contributed by atoms with van der Waals surface area (Å²) >= 11 is 5.85. The van der Waals surface area contributed by atoms with Gasteiger partial charge in [-0.1, -0.05) is 29.8 Å². The number of fused-ring (bicyclic) bond motifs is 1. The number of carbonyl (C=O) groups is 2. The van der Waals surface area contributed by atoms with Gasteiger partial charge < -0.3 is 20.7 Å². The molecule has 1 aliphatic rings. The Kier molecular flexibility index (Phi) is 4.34. The molecule has 0 radical (unpaired) electrons. The first-order valence-corrected chi connectivity index (χ1v) is 7.36. The number of benzene rings is 2. The number of urea groups is 1. The Hall–Kier alpha value is -2.73. The Morgan fingerprint density at radius 1 is 1.22 bits per heavy atom. The van der Waals surface area contributed by atoms with Crippen LogP contribution < -0.4 is 20.7 Å². The zero-order valence-corrected chi connectivity index (χ0v) is 12.8. The minimum absolute atomic E-state index is 0.0482. The van der Waals surface area contributed by atoms with Gasteiger partial charge in [-0.3, -0.25) is 4.79 Å². The van der Waals surface area contributed by atoms with Gasteiger partial charge in [-0.15, -0.1) is 0 Å². The molecule has 1 aliphatic heterocycles. The Labute approximate surface area is 137 Å². The van der Waals surface area contributed by atoms with Crippen molar-refractivity contribution in [2.45, 2.75) is 6.10 Å². The third kappa shape index (κ3) is 3.73. The number of rotatable bonds is 3. The number of halogens is 1. The number of ether oxygens (including phenoxy) is 1. The van der Waals surface area contributed by atoms with Crippen LogP contribution in [0.25, 0.3) is 0 Å². The molecular formula is C16H14ClN3O3. The third-order valence-electron chi connectivity index (χ3n) is 3.24. The predicted molar refractivity (Wildman–Crippen MR) is 88.0 cm³/mol. The van der Waals surface area contributed by atoms with Gasteiger partial charge in [-0.25, -0.2) is 4.79 Å². The van der Waals surface area contributed by atoms with Crippen molar-refractivity contribution in [2.24, 2.45) is 0 Å². The molecule has 1 unspecified atom stereocenters. The molecule has 0 aromatic heterocycles. The van der Waals surface area contributed by atoms with E-state index in [-0.39, 0.29) is 12.5 Å². The average Bonchev–Trinajstić information content (AvgIpc) is 2.53. The van der Waals surface area contributed by atoms with Crippen molar-refractivity contribution < 1.29 is 14.3 Å². The van der Waals surface area contributed by atoms with Crippen LogP contribution >= 0.6 is 11.6 Å². The molecule has 0 saturated heterocycles. The molecule has 1 heterocycles. The summed E-state index contributed by atoms with van der Waals surface area (Å²) in [4.78, 5) is 23.8. The summed E-state index contributed by atoms with van der Waals surface area (Å²) in [5.41, 5.74) is 1.19. The van der Waals surface area contributed by atoms with E-state index in [4.69, 9.17) is 16.3 Å². The molecule has 0 bridgehead atoms. The van der Waals surface area contributed by atoms with Crippen molar-refractivity contribution in [1.82, 2.24) is 5.32 Å². The fraction of sp³-hybridized carbons (Fsp3) is 0.125. The maximum Gasteiger partial charge on any atom is 0.319 e. The highest BCUT2D eigenvalue weighted by atomic mass is 35.5. The van der Waals surface area contributed by atoms with Gasteiger partial charge >= 0.3 is 6.03 Å². The van der Waals surface area contributed by atoms with Crippen LogP contribution in [0, 0.1) is 0 Å². The summed E-state index contributed by atoms with van der Waals surface area (Å²) in [6.07, 6.45) is -0.782. The van der Waals surface area contributed by atoms with Crippen molar-refractivity contribution >= 4 is 34.9 Å². The van der Waals surface area contributed by atoms with Crippen LogP contribution in [0.5, 0.6) is 5.75 Å². The second-order valence-electron chi connectivity index (χ2n) is 4.94. The molecule has 3 rings (SSSR count). The van der Waals surface area contributed by atoms with Crippen LogP contribution in [0.15, 0.2) is 48.5 Å². The van der Waals surface area contributed by atoms with Gasteiger partial charge in [-0.05, 0) is 30.3 Å². The van der Waals surface area contributed by atoms with Crippen molar-refractivity contribution in [2.75, 3.05) is 17.2 Å². The molecule has 2 aromatic carbocycles. The van der Waals surface area contributed by atoms with Gasteiger partial charge in [0.1, 0.15) is 5.75 Å². The highest BCUT2D eigenvalue weighted by Crippen LogP contribution is 2.28. The quantitative estimate of drug-likeness (QED) is 0.809. The fourth-order valence-electron chi connectivity index (χ4n) is 2.15. The zero-order chi connectivity index (χ0) is 16.2. The van der Waals surface area contributed by atoms with Crippen molar-refractivity contribution in [3.63, 3.8) is 0 Å². The van der Waals surface area contributed by atoms with Gasteiger partial charge in [0.25, 0.3) is 5.91 Å². The minimum Gasteiger partial charge on any atom is -0.477 e. The van der Waals surface area contributed by atoms with E-state index in [1.165, 1.54) is 0 Å². The lowest BCUT2D eigenvalue weighted by molar-refractivity contribution is -0.123.